The maximum atomic E-state index is 12.5. The van der Waals surface area contributed by atoms with Crippen LogP contribution in [0.25, 0.3) is 11.2 Å². The van der Waals surface area contributed by atoms with Gasteiger partial charge in [0.2, 0.25) is 0 Å². The molecule has 0 unspecified atom stereocenters. The van der Waals surface area contributed by atoms with Gasteiger partial charge in [0.1, 0.15) is 11.2 Å². The highest BCUT2D eigenvalue weighted by atomic mass is 32.2. The Bertz CT molecular complexity index is 840. The lowest BCUT2D eigenvalue weighted by Crippen LogP contribution is -2.37. The predicted octanol–water partition coefficient (Wildman–Crippen LogP) is 0.991. The Morgan fingerprint density at radius 2 is 2.00 bits per heavy atom. The Labute approximate surface area is 132 Å². The number of hydrogen-bond donors (Lipinski definition) is 0. The fourth-order valence-corrected chi connectivity index (χ4v) is 2.85. The third-order valence-corrected chi connectivity index (χ3v) is 4.22. The molecule has 2 aromatic heterocycles. The van der Waals surface area contributed by atoms with Crippen LogP contribution < -0.4 is 11.2 Å². The van der Waals surface area contributed by atoms with E-state index < -0.39 is 0 Å². The van der Waals surface area contributed by atoms with Gasteiger partial charge in [-0.05, 0) is 24.6 Å². The first-order chi connectivity index (χ1) is 10.5. The van der Waals surface area contributed by atoms with Crippen molar-refractivity contribution < 1.29 is 0 Å². The van der Waals surface area contributed by atoms with Crippen LogP contribution in [0.2, 0.25) is 0 Å². The Kier molecular flexibility index (Phi) is 5.08. The minimum atomic E-state index is -0.370. The molecule has 0 aliphatic heterocycles. The molecule has 0 saturated heterocycles. The van der Waals surface area contributed by atoms with Crippen molar-refractivity contribution in [1.29, 1.82) is 5.26 Å². The molecule has 2 aromatic rings. The van der Waals surface area contributed by atoms with Gasteiger partial charge in [0.25, 0.3) is 5.56 Å². The van der Waals surface area contributed by atoms with Crippen LogP contribution in [0.5, 0.6) is 0 Å². The number of nitrogens with zero attached hydrogens (tertiary/aromatic N) is 5. The summed E-state index contributed by atoms with van der Waals surface area (Å²) in [7, 11) is 3.11. The summed E-state index contributed by atoms with van der Waals surface area (Å²) in [5.74, 6) is 1.52. The van der Waals surface area contributed by atoms with Crippen molar-refractivity contribution in [1.82, 2.24) is 18.7 Å². The summed E-state index contributed by atoms with van der Waals surface area (Å²) < 4.78 is 4.43. The molecule has 22 heavy (non-hydrogen) atoms. The zero-order chi connectivity index (χ0) is 16.3. The second-order valence-electron chi connectivity index (χ2n) is 5.10. The molecule has 8 heteroatoms. The number of thioether (sulfide) groups is 1. The summed E-state index contributed by atoms with van der Waals surface area (Å²) in [6, 6.07) is 0. The van der Waals surface area contributed by atoms with Crippen molar-refractivity contribution in [2.45, 2.75) is 32.7 Å². The van der Waals surface area contributed by atoms with Gasteiger partial charge >= 0.3 is 5.69 Å². The minimum Gasteiger partial charge on any atom is -0.322 e. The van der Waals surface area contributed by atoms with E-state index in [0.717, 1.165) is 29.7 Å². The van der Waals surface area contributed by atoms with Gasteiger partial charge in [-0.1, -0.05) is 6.92 Å². The lowest BCUT2D eigenvalue weighted by atomic mass is 10.3. The van der Waals surface area contributed by atoms with Gasteiger partial charge in [-0.15, -0.1) is 0 Å². The van der Waals surface area contributed by atoms with Crippen LogP contribution in [-0.4, -0.2) is 24.4 Å². The second-order valence-corrected chi connectivity index (χ2v) is 5.98. The van der Waals surface area contributed by atoms with Gasteiger partial charge < -0.3 is 4.57 Å². The lowest BCUT2D eigenvalue weighted by molar-refractivity contribution is 0.643. The Hall–Kier alpha value is -2.01. The highest BCUT2D eigenvalue weighted by molar-refractivity contribution is 8.03. The summed E-state index contributed by atoms with van der Waals surface area (Å²) in [6.45, 7) is 2.67. The predicted molar refractivity (Wildman–Crippen MR) is 86.9 cm³/mol. The smallest absolute Gasteiger partial charge is 0.322 e. The summed E-state index contributed by atoms with van der Waals surface area (Å²) in [6.07, 6.45) is 2.42. The lowest BCUT2D eigenvalue weighted by Gasteiger charge is -2.08. The van der Waals surface area contributed by atoms with E-state index in [1.165, 1.54) is 23.4 Å². The second kappa shape index (κ2) is 6.83. The van der Waals surface area contributed by atoms with E-state index in [1.54, 1.807) is 7.05 Å². The molecule has 2 heterocycles. The van der Waals surface area contributed by atoms with Crippen LogP contribution in [0.15, 0.2) is 9.59 Å². The van der Waals surface area contributed by atoms with E-state index >= 15 is 0 Å². The number of imidazole rings is 1. The summed E-state index contributed by atoms with van der Waals surface area (Å²) in [5.41, 5.74) is 0.214. The van der Waals surface area contributed by atoms with E-state index in [-0.39, 0.29) is 11.2 Å². The third-order valence-electron chi connectivity index (χ3n) is 3.59. The Morgan fingerprint density at radius 1 is 1.27 bits per heavy atom. The molecule has 0 atom stereocenters. The van der Waals surface area contributed by atoms with Gasteiger partial charge in [-0.25, -0.2) is 9.78 Å². The van der Waals surface area contributed by atoms with Crippen molar-refractivity contribution >= 4 is 22.9 Å². The molecule has 0 aliphatic rings. The highest BCUT2D eigenvalue weighted by Crippen LogP contribution is 2.14. The molecular weight excluding hydrogens is 302 g/mol. The molecule has 0 aromatic carbocycles. The van der Waals surface area contributed by atoms with Crippen LogP contribution >= 0.6 is 11.8 Å². The molecule has 0 radical (unpaired) electrons. The highest BCUT2D eigenvalue weighted by Gasteiger charge is 2.18. The maximum absolute atomic E-state index is 12.5. The quantitative estimate of drug-likeness (QED) is 0.585. The maximum Gasteiger partial charge on any atom is 0.332 e. The van der Waals surface area contributed by atoms with Gasteiger partial charge in [-0.2, -0.15) is 5.26 Å². The standard InChI is InChI=1S/C14H19N5O2S/c1-4-6-10-16-12-11(19(10)7-5-8-22-9-15)13(20)18(3)14(21)17(12)2/h4-8H2,1-3H3. The molecule has 2 rings (SSSR count). The molecular formula is C14H19N5O2S. The SMILES string of the molecule is CCCc1nc2c(c(=O)n(C)c(=O)n2C)n1CCCSC#N. The Morgan fingerprint density at radius 3 is 2.64 bits per heavy atom. The number of hydrogen-bond acceptors (Lipinski definition) is 5. The van der Waals surface area contributed by atoms with E-state index in [9.17, 15) is 9.59 Å². The fraction of sp³-hybridized carbons (Fsp3) is 0.571. The number of aryl methyl sites for hydroxylation is 3. The van der Waals surface area contributed by atoms with Crippen LogP contribution in [0.4, 0.5) is 0 Å². The summed E-state index contributed by atoms with van der Waals surface area (Å²) >= 11 is 1.20. The normalized spacial score (nSPS) is 11.0. The topological polar surface area (TPSA) is 85.6 Å². The van der Waals surface area contributed by atoms with E-state index in [2.05, 4.69) is 4.98 Å². The van der Waals surface area contributed by atoms with Crippen LogP contribution in [0, 0.1) is 10.7 Å². The molecule has 0 fully saturated rings. The minimum absolute atomic E-state index is 0.319. The first kappa shape index (κ1) is 16.4. The molecule has 0 amide bonds. The monoisotopic (exact) mass is 321 g/mol. The number of aromatic nitrogens is 4. The van der Waals surface area contributed by atoms with Crippen LogP contribution in [0.1, 0.15) is 25.6 Å². The van der Waals surface area contributed by atoms with Gasteiger partial charge in [0, 0.05) is 32.8 Å². The van der Waals surface area contributed by atoms with Crippen molar-refractivity contribution in [2.24, 2.45) is 14.1 Å². The van der Waals surface area contributed by atoms with E-state index in [4.69, 9.17) is 5.26 Å². The fourth-order valence-electron chi connectivity index (χ4n) is 2.49. The number of fused-ring (bicyclic) bond motifs is 1. The molecule has 0 aliphatic carbocycles. The summed E-state index contributed by atoms with van der Waals surface area (Å²) in [5, 5.41) is 10.6. The van der Waals surface area contributed by atoms with Crippen LogP contribution in [0.3, 0.4) is 0 Å². The van der Waals surface area contributed by atoms with Crippen molar-refractivity contribution in [3.05, 3.63) is 26.7 Å². The van der Waals surface area contributed by atoms with E-state index in [0.29, 0.717) is 23.5 Å². The molecule has 118 valence electrons. The average molecular weight is 321 g/mol. The zero-order valence-electron chi connectivity index (χ0n) is 13.0. The van der Waals surface area contributed by atoms with Crippen molar-refractivity contribution in [2.75, 3.05) is 5.75 Å². The molecule has 0 spiro atoms. The van der Waals surface area contributed by atoms with Crippen LogP contribution in [-0.2, 0) is 27.1 Å². The van der Waals surface area contributed by atoms with E-state index in [1.807, 2.05) is 16.9 Å². The van der Waals surface area contributed by atoms with Gasteiger partial charge in [-0.3, -0.25) is 13.9 Å². The Balaban J connectivity index is 2.61. The third kappa shape index (κ3) is 2.81. The largest absolute Gasteiger partial charge is 0.332 e. The van der Waals surface area contributed by atoms with Crippen molar-refractivity contribution in [3.63, 3.8) is 0 Å². The number of rotatable bonds is 6. The number of nitriles is 1. The van der Waals surface area contributed by atoms with Crippen molar-refractivity contribution in [3.8, 4) is 5.40 Å². The van der Waals surface area contributed by atoms with Gasteiger partial charge in [0.15, 0.2) is 11.2 Å². The first-order valence-corrected chi connectivity index (χ1v) is 8.17. The summed E-state index contributed by atoms with van der Waals surface area (Å²) in [4.78, 5) is 29.0. The number of thiocyanates is 1. The molecule has 0 saturated carbocycles. The molecule has 7 nitrogen and oxygen atoms in total. The molecule has 0 bridgehead atoms. The average Bonchev–Trinajstić information content (AvgIpc) is 2.86. The first-order valence-electron chi connectivity index (χ1n) is 7.18. The molecule has 0 N–H and O–H groups in total. The van der Waals surface area contributed by atoms with Gasteiger partial charge in [0.05, 0.1) is 0 Å². The zero-order valence-corrected chi connectivity index (χ0v) is 13.8.